The quantitative estimate of drug-likeness (QED) is 0.858. The van der Waals surface area contributed by atoms with Crippen LogP contribution < -0.4 is 10.1 Å². The minimum absolute atomic E-state index is 0.0221. The average Bonchev–Trinajstić information content (AvgIpc) is 2.48. The van der Waals surface area contributed by atoms with Gasteiger partial charge in [0.1, 0.15) is 5.75 Å². The van der Waals surface area contributed by atoms with Crippen molar-refractivity contribution < 1.29 is 9.53 Å². The summed E-state index contributed by atoms with van der Waals surface area (Å²) in [4.78, 5) is 14.0. The van der Waals surface area contributed by atoms with Gasteiger partial charge in [-0.05, 0) is 44.2 Å². The van der Waals surface area contributed by atoms with Gasteiger partial charge < -0.3 is 15.0 Å². The van der Waals surface area contributed by atoms with Crippen molar-refractivity contribution in [3.63, 3.8) is 0 Å². The van der Waals surface area contributed by atoms with Gasteiger partial charge >= 0.3 is 6.03 Å². The minimum atomic E-state index is -0.0221. The van der Waals surface area contributed by atoms with E-state index in [4.69, 9.17) is 4.74 Å². The molecule has 1 aliphatic heterocycles. The van der Waals surface area contributed by atoms with Gasteiger partial charge in [-0.25, -0.2) is 4.79 Å². The first kappa shape index (κ1) is 14.7. The van der Waals surface area contributed by atoms with E-state index < -0.39 is 0 Å². The maximum Gasteiger partial charge on any atom is 0.320 e. The third-order valence-electron chi connectivity index (χ3n) is 3.87. The second-order valence-corrected chi connectivity index (χ2v) is 5.27. The summed E-state index contributed by atoms with van der Waals surface area (Å²) in [6.45, 7) is 5.26. The number of carbonyl (C=O) groups excluding carboxylic acids is 1. The number of nitrogens with zero attached hydrogens (tertiary/aromatic N) is 1. The summed E-state index contributed by atoms with van der Waals surface area (Å²) in [5, 5.41) is 2.85. The van der Waals surface area contributed by atoms with Crippen molar-refractivity contribution >= 4 is 6.03 Å². The third kappa shape index (κ3) is 3.65. The normalized spacial score (nSPS) is 18.7. The number of carbonyl (C=O) groups is 1. The van der Waals surface area contributed by atoms with E-state index in [9.17, 15) is 4.79 Å². The number of para-hydroxylation sites is 1. The lowest BCUT2D eigenvalue weighted by Crippen LogP contribution is -2.48. The lowest BCUT2D eigenvalue weighted by atomic mass is 10.0. The lowest BCUT2D eigenvalue weighted by molar-refractivity contribution is 0.149. The molecule has 0 bridgehead atoms. The molecule has 0 spiro atoms. The maximum atomic E-state index is 12.1. The van der Waals surface area contributed by atoms with Gasteiger partial charge in [-0.1, -0.05) is 25.1 Å². The molecule has 1 fully saturated rings. The Kier molecular flexibility index (Phi) is 5.27. The molecule has 1 unspecified atom stereocenters. The number of piperidine rings is 1. The maximum absolute atomic E-state index is 12.1. The van der Waals surface area contributed by atoms with Crippen LogP contribution in [0.1, 0.15) is 38.7 Å². The first-order valence-corrected chi connectivity index (χ1v) is 7.47. The van der Waals surface area contributed by atoms with Gasteiger partial charge in [-0.15, -0.1) is 0 Å². The SMILES string of the molecule is CCc1ccccc1OCNC(=O)N1CCCCC1C. The largest absolute Gasteiger partial charge is 0.473 e. The first-order valence-electron chi connectivity index (χ1n) is 7.47. The molecule has 1 aromatic carbocycles. The van der Waals surface area contributed by atoms with Crippen LogP contribution in [0.25, 0.3) is 0 Å². The Morgan fingerprint density at radius 3 is 2.95 bits per heavy atom. The Labute approximate surface area is 121 Å². The van der Waals surface area contributed by atoms with Crippen LogP contribution in [-0.4, -0.2) is 30.2 Å². The van der Waals surface area contributed by atoms with Crippen molar-refractivity contribution in [1.82, 2.24) is 10.2 Å². The summed E-state index contributed by atoms with van der Waals surface area (Å²) >= 11 is 0. The highest BCUT2D eigenvalue weighted by Gasteiger charge is 2.22. The Balaban J connectivity index is 1.81. The number of amides is 2. The first-order chi connectivity index (χ1) is 9.72. The number of benzene rings is 1. The second kappa shape index (κ2) is 7.17. The second-order valence-electron chi connectivity index (χ2n) is 5.27. The van der Waals surface area contributed by atoms with Crippen LogP contribution in [0.3, 0.4) is 0 Å². The number of hydrogen-bond donors (Lipinski definition) is 1. The number of likely N-dealkylation sites (tertiary alicyclic amines) is 1. The molecule has 2 rings (SSSR count). The molecule has 4 nitrogen and oxygen atoms in total. The lowest BCUT2D eigenvalue weighted by Gasteiger charge is -2.33. The number of rotatable bonds is 4. The van der Waals surface area contributed by atoms with E-state index in [0.29, 0.717) is 6.04 Å². The number of ether oxygens (including phenoxy) is 1. The van der Waals surface area contributed by atoms with E-state index in [1.807, 2.05) is 29.2 Å². The van der Waals surface area contributed by atoms with Crippen molar-refractivity contribution in [2.24, 2.45) is 0 Å². The van der Waals surface area contributed by atoms with Crippen LogP contribution in [0, 0.1) is 0 Å². The van der Waals surface area contributed by atoms with Crippen LogP contribution in [0.15, 0.2) is 24.3 Å². The van der Waals surface area contributed by atoms with Crippen LogP contribution in [-0.2, 0) is 6.42 Å². The Morgan fingerprint density at radius 1 is 1.40 bits per heavy atom. The molecule has 2 amide bonds. The van der Waals surface area contributed by atoms with Gasteiger partial charge in [0.25, 0.3) is 0 Å². The van der Waals surface area contributed by atoms with E-state index in [-0.39, 0.29) is 12.8 Å². The molecule has 1 aliphatic rings. The molecule has 1 aromatic rings. The fourth-order valence-electron chi connectivity index (χ4n) is 2.61. The number of nitrogens with one attached hydrogen (secondary N) is 1. The molecule has 4 heteroatoms. The van der Waals surface area contributed by atoms with Crippen LogP contribution in [0.4, 0.5) is 4.79 Å². The van der Waals surface area contributed by atoms with Gasteiger partial charge in [-0.3, -0.25) is 0 Å². The molecule has 110 valence electrons. The zero-order valence-electron chi connectivity index (χ0n) is 12.4. The highest BCUT2D eigenvalue weighted by molar-refractivity contribution is 5.74. The Bertz CT molecular complexity index is 448. The van der Waals surface area contributed by atoms with Crippen LogP contribution >= 0.6 is 0 Å². The van der Waals surface area contributed by atoms with E-state index in [1.54, 1.807) is 0 Å². The highest BCUT2D eigenvalue weighted by Crippen LogP contribution is 2.18. The average molecular weight is 276 g/mol. The summed E-state index contributed by atoms with van der Waals surface area (Å²) in [7, 11) is 0. The molecule has 0 aromatic heterocycles. The van der Waals surface area contributed by atoms with E-state index >= 15 is 0 Å². The van der Waals surface area contributed by atoms with Gasteiger partial charge in [0, 0.05) is 12.6 Å². The van der Waals surface area contributed by atoms with E-state index in [2.05, 4.69) is 19.2 Å². The number of urea groups is 1. The van der Waals surface area contributed by atoms with E-state index in [0.717, 1.165) is 37.1 Å². The molecule has 20 heavy (non-hydrogen) atoms. The number of aryl methyl sites for hydroxylation is 1. The minimum Gasteiger partial charge on any atom is -0.473 e. The molecule has 0 radical (unpaired) electrons. The smallest absolute Gasteiger partial charge is 0.320 e. The van der Waals surface area contributed by atoms with Crippen molar-refractivity contribution in [1.29, 1.82) is 0 Å². The monoisotopic (exact) mass is 276 g/mol. The van der Waals surface area contributed by atoms with Gasteiger partial charge in [0.05, 0.1) is 0 Å². The fourth-order valence-corrected chi connectivity index (χ4v) is 2.61. The molecule has 0 aliphatic carbocycles. The third-order valence-corrected chi connectivity index (χ3v) is 3.87. The molecule has 1 saturated heterocycles. The number of hydrogen-bond acceptors (Lipinski definition) is 2. The summed E-state index contributed by atoms with van der Waals surface area (Å²) in [5.41, 5.74) is 1.16. The van der Waals surface area contributed by atoms with Gasteiger partial charge in [-0.2, -0.15) is 0 Å². The summed E-state index contributed by atoms with van der Waals surface area (Å²) in [6.07, 6.45) is 4.32. The van der Waals surface area contributed by atoms with Crippen LogP contribution in [0.5, 0.6) is 5.75 Å². The standard InChI is InChI=1S/C16H24N2O2/c1-3-14-9-4-5-10-15(14)20-12-17-16(19)18-11-7-6-8-13(18)2/h4-5,9-10,13H,3,6-8,11-12H2,1-2H3,(H,17,19). The predicted octanol–water partition coefficient (Wildman–Crippen LogP) is 3.17. The van der Waals surface area contributed by atoms with Crippen molar-refractivity contribution in [3.8, 4) is 5.75 Å². The fraction of sp³-hybridized carbons (Fsp3) is 0.562. The zero-order valence-corrected chi connectivity index (χ0v) is 12.4. The van der Waals surface area contributed by atoms with Crippen molar-refractivity contribution in [2.75, 3.05) is 13.3 Å². The van der Waals surface area contributed by atoms with Crippen molar-refractivity contribution in [2.45, 2.75) is 45.6 Å². The van der Waals surface area contributed by atoms with Gasteiger partial charge in [0.2, 0.25) is 0 Å². The Morgan fingerprint density at radius 2 is 2.20 bits per heavy atom. The highest BCUT2D eigenvalue weighted by atomic mass is 16.5. The summed E-state index contributed by atoms with van der Waals surface area (Å²) in [6, 6.07) is 8.24. The van der Waals surface area contributed by atoms with Crippen molar-refractivity contribution in [3.05, 3.63) is 29.8 Å². The molecular formula is C16H24N2O2. The van der Waals surface area contributed by atoms with E-state index in [1.165, 1.54) is 6.42 Å². The Hall–Kier alpha value is -1.71. The molecule has 1 atom stereocenters. The van der Waals surface area contributed by atoms with Gasteiger partial charge in [0.15, 0.2) is 6.73 Å². The van der Waals surface area contributed by atoms with Crippen LogP contribution in [0.2, 0.25) is 0 Å². The molecule has 1 heterocycles. The summed E-state index contributed by atoms with van der Waals surface area (Å²) in [5.74, 6) is 0.849. The summed E-state index contributed by atoms with van der Waals surface area (Å²) < 4.78 is 5.67. The molecule has 0 saturated carbocycles. The zero-order chi connectivity index (χ0) is 14.4. The molecular weight excluding hydrogens is 252 g/mol. The predicted molar refractivity (Wildman–Crippen MR) is 79.9 cm³/mol. The molecule has 1 N–H and O–H groups in total. The topological polar surface area (TPSA) is 41.6 Å².